The molecule has 1 rings (SSSR count). The van der Waals surface area contributed by atoms with Crippen molar-refractivity contribution in [2.24, 2.45) is 0 Å². The molecule has 1 saturated heterocycles. The van der Waals surface area contributed by atoms with E-state index < -0.39 is 6.29 Å². The molecule has 9 heavy (non-hydrogen) atoms. The lowest BCUT2D eigenvalue weighted by Gasteiger charge is -1.95. The molecule has 0 aliphatic carbocycles. The van der Waals surface area contributed by atoms with Crippen molar-refractivity contribution in [3.8, 4) is 11.8 Å². The van der Waals surface area contributed by atoms with Crippen LogP contribution in [0.2, 0.25) is 0 Å². The zero-order valence-electron chi connectivity index (χ0n) is 4.96. The molecule has 1 fully saturated rings. The molecular formula is C6H8O3. The summed E-state index contributed by atoms with van der Waals surface area (Å²) in [6.07, 6.45) is -0.405. The summed E-state index contributed by atoms with van der Waals surface area (Å²) in [5, 5.41) is 8.24. The predicted octanol–water partition coefficient (Wildman–Crippen LogP) is -0.645. The molecule has 3 heteroatoms. The highest BCUT2D eigenvalue weighted by molar-refractivity contribution is 5.02. The second-order valence-corrected chi connectivity index (χ2v) is 1.55. The third kappa shape index (κ3) is 2.02. The van der Waals surface area contributed by atoms with Crippen molar-refractivity contribution < 1.29 is 14.6 Å². The summed E-state index contributed by atoms with van der Waals surface area (Å²) in [7, 11) is 0. The molecule has 0 amide bonds. The maximum absolute atomic E-state index is 8.24. The summed E-state index contributed by atoms with van der Waals surface area (Å²) >= 11 is 0. The van der Waals surface area contributed by atoms with Crippen LogP contribution in [-0.4, -0.2) is 31.2 Å². The van der Waals surface area contributed by atoms with Crippen LogP contribution in [-0.2, 0) is 9.47 Å². The average molecular weight is 128 g/mol. The highest BCUT2D eigenvalue weighted by Crippen LogP contribution is 2.00. The number of aliphatic hydroxyl groups excluding tert-OH is 1. The van der Waals surface area contributed by atoms with Gasteiger partial charge in [0.1, 0.15) is 6.61 Å². The van der Waals surface area contributed by atoms with Crippen LogP contribution in [0.4, 0.5) is 0 Å². The zero-order valence-corrected chi connectivity index (χ0v) is 4.96. The van der Waals surface area contributed by atoms with Gasteiger partial charge in [0.05, 0.1) is 13.2 Å². The Morgan fingerprint density at radius 2 is 2.11 bits per heavy atom. The van der Waals surface area contributed by atoms with Gasteiger partial charge < -0.3 is 14.6 Å². The van der Waals surface area contributed by atoms with E-state index in [4.69, 9.17) is 14.6 Å². The summed E-state index contributed by atoms with van der Waals surface area (Å²) in [4.78, 5) is 0. The number of hydrogen-bond donors (Lipinski definition) is 1. The fraction of sp³-hybridized carbons (Fsp3) is 0.667. The van der Waals surface area contributed by atoms with Gasteiger partial charge in [-0.1, -0.05) is 5.92 Å². The van der Waals surface area contributed by atoms with E-state index in [9.17, 15) is 0 Å². The Morgan fingerprint density at radius 3 is 2.67 bits per heavy atom. The summed E-state index contributed by atoms with van der Waals surface area (Å²) in [5.41, 5.74) is 0. The first-order valence-corrected chi connectivity index (χ1v) is 2.76. The molecule has 0 atom stereocenters. The maximum Gasteiger partial charge on any atom is 0.222 e. The Balaban J connectivity index is 2.26. The van der Waals surface area contributed by atoms with E-state index in [1.807, 2.05) is 0 Å². The molecule has 1 N–H and O–H groups in total. The van der Waals surface area contributed by atoms with Crippen LogP contribution in [0.25, 0.3) is 0 Å². The van der Waals surface area contributed by atoms with Gasteiger partial charge in [0.25, 0.3) is 0 Å². The first-order valence-electron chi connectivity index (χ1n) is 2.76. The van der Waals surface area contributed by atoms with Crippen LogP contribution >= 0.6 is 0 Å². The highest BCUT2D eigenvalue weighted by atomic mass is 16.7. The molecule has 0 radical (unpaired) electrons. The van der Waals surface area contributed by atoms with E-state index in [1.54, 1.807) is 0 Å². The molecule has 50 valence electrons. The van der Waals surface area contributed by atoms with Crippen molar-refractivity contribution in [2.45, 2.75) is 6.29 Å². The summed E-state index contributed by atoms with van der Waals surface area (Å²) < 4.78 is 9.90. The van der Waals surface area contributed by atoms with Crippen molar-refractivity contribution in [1.29, 1.82) is 0 Å². The molecule has 0 aromatic heterocycles. The molecule has 1 heterocycles. The average Bonchev–Trinajstić information content (AvgIpc) is 2.34. The van der Waals surface area contributed by atoms with E-state index in [-0.39, 0.29) is 6.61 Å². The van der Waals surface area contributed by atoms with Gasteiger partial charge in [0, 0.05) is 0 Å². The second-order valence-electron chi connectivity index (χ2n) is 1.55. The largest absolute Gasteiger partial charge is 0.384 e. The van der Waals surface area contributed by atoms with Gasteiger partial charge in [-0.05, 0) is 5.92 Å². The fourth-order valence-corrected chi connectivity index (χ4v) is 0.571. The second kappa shape index (κ2) is 3.46. The van der Waals surface area contributed by atoms with E-state index in [1.165, 1.54) is 0 Å². The molecule has 3 nitrogen and oxygen atoms in total. The van der Waals surface area contributed by atoms with Crippen molar-refractivity contribution in [3.63, 3.8) is 0 Å². The van der Waals surface area contributed by atoms with Crippen LogP contribution in [0.3, 0.4) is 0 Å². The van der Waals surface area contributed by atoms with Gasteiger partial charge >= 0.3 is 0 Å². The minimum Gasteiger partial charge on any atom is -0.384 e. The minimum atomic E-state index is -0.405. The molecular weight excluding hydrogens is 120 g/mol. The minimum absolute atomic E-state index is 0.136. The summed E-state index contributed by atoms with van der Waals surface area (Å²) in [6.45, 7) is 1.07. The maximum atomic E-state index is 8.24. The van der Waals surface area contributed by atoms with Gasteiger partial charge in [-0.15, -0.1) is 0 Å². The topological polar surface area (TPSA) is 38.7 Å². The number of aliphatic hydroxyl groups is 1. The van der Waals surface area contributed by atoms with Crippen LogP contribution < -0.4 is 0 Å². The Hall–Kier alpha value is -0.560. The summed E-state index contributed by atoms with van der Waals surface area (Å²) in [5.74, 6) is 5.03. The smallest absolute Gasteiger partial charge is 0.222 e. The van der Waals surface area contributed by atoms with Gasteiger partial charge in [-0.25, -0.2) is 0 Å². The third-order valence-corrected chi connectivity index (χ3v) is 0.921. The number of ether oxygens (including phenoxy) is 2. The molecule has 0 unspecified atom stereocenters. The van der Waals surface area contributed by atoms with Gasteiger partial charge in [0.15, 0.2) is 0 Å². The molecule has 0 spiro atoms. The van der Waals surface area contributed by atoms with E-state index in [0.29, 0.717) is 13.2 Å². The first kappa shape index (κ1) is 6.56. The molecule has 0 aromatic carbocycles. The molecule has 0 bridgehead atoms. The lowest BCUT2D eigenvalue weighted by atomic mass is 10.6. The molecule has 0 aromatic rings. The van der Waals surface area contributed by atoms with Crippen LogP contribution in [0.5, 0.6) is 0 Å². The van der Waals surface area contributed by atoms with Crippen molar-refractivity contribution >= 4 is 0 Å². The lowest BCUT2D eigenvalue weighted by molar-refractivity contribution is 0.00629. The van der Waals surface area contributed by atoms with Gasteiger partial charge in [-0.3, -0.25) is 0 Å². The van der Waals surface area contributed by atoms with Crippen molar-refractivity contribution in [1.82, 2.24) is 0 Å². The fourth-order valence-electron chi connectivity index (χ4n) is 0.571. The van der Waals surface area contributed by atoms with E-state index >= 15 is 0 Å². The molecule has 0 saturated carbocycles. The normalized spacial score (nSPS) is 19.2. The monoisotopic (exact) mass is 128 g/mol. The Bertz CT molecular complexity index is 127. The number of hydrogen-bond acceptors (Lipinski definition) is 3. The Labute approximate surface area is 53.6 Å². The van der Waals surface area contributed by atoms with Crippen molar-refractivity contribution in [2.75, 3.05) is 19.8 Å². The Kier molecular flexibility index (Phi) is 2.52. The van der Waals surface area contributed by atoms with Crippen LogP contribution in [0, 0.1) is 11.8 Å². The van der Waals surface area contributed by atoms with Crippen LogP contribution in [0.1, 0.15) is 0 Å². The zero-order chi connectivity index (χ0) is 6.53. The predicted molar refractivity (Wildman–Crippen MR) is 30.6 cm³/mol. The lowest BCUT2D eigenvalue weighted by Crippen LogP contribution is -2.02. The third-order valence-electron chi connectivity index (χ3n) is 0.921. The first-order chi connectivity index (χ1) is 4.43. The highest BCUT2D eigenvalue weighted by Gasteiger charge is 2.11. The number of rotatable bonds is 0. The molecule has 1 aliphatic heterocycles. The standard InChI is InChI=1S/C6H8O3/c7-3-1-2-6-8-4-5-9-6/h6-7H,3-5H2. The van der Waals surface area contributed by atoms with Crippen LogP contribution in [0.15, 0.2) is 0 Å². The van der Waals surface area contributed by atoms with E-state index in [2.05, 4.69) is 11.8 Å². The summed E-state index contributed by atoms with van der Waals surface area (Å²) in [6, 6.07) is 0. The van der Waals surface area contributed by atoms with Gasteiger partial charge in [0.2, 0.25) is 6.29 Å². The van der Waals surface area contributed by atoms with Crippen molar-refractivity contribution in [3.05, 3.63) is 0 Å². The SMILES string of the molecule is OCC#CC1OCCO1. The quantitative estimate of drug-likeness (QED) is 0.441. The van der Waals surface area contributed by atoms with E-state index in [0.717, 1.165) is 0 Å². The van der Waals surface area contributed by atoms with Gasteiger partial charge in [-0.2, -0.15) is 0 Å². The Morgan fingerprint density at radius 1 is 1.44 bits per heavy atom. The molecule has 1 aliphatic rings.